The lowest BCUT2D eigenvalue weighted by molar-refractivity contribution is 1.29. The molecule has 0 atom stereocenters. The van der Waals surface area contributed by atoms with Crippen molar-refractivity contribution in [1.82, 2.24) is 4.98 Å². The van der Waals surface area contributed by atoms with Crippen LogP contribution >= 0.6 is 23.1 Å². The standard InChI is InChI=1S/C18H14N2S2/c19-15-7-8-16-17(10-15)22-18(20-16)21-11-12-5-6-13-3-1-2-4-14(13)9-12/h1-10H,11,19H2. The van der Waals surface area contributed by atoms with Gasteiger partial charge in [-0.2, -0.15) is 0 Å². The Morgan fingerprint density at radius 1 is 0.955 bits per heavy atom. The Balaban J connectivity index is 1.56. The van der Waals surface area contributed by atoms with Crippen LogP contribution in [0.15, 0.2) is 65.0 Å². The summed E-state index contributed by atoms with van der Waals surface area (Å²) in [7, 11) is 0. The number of benzene rings is 3. The van der Waals surface area contributed by atoms with Gasteiger partial charge in [0, 0.05) is 11.4 Å². The Morgan fingerprint density at radius 3 is 2.73 bits per heavy atom. The first-order chi connectivity index (χ1) is 10.8. The highest BCUT2D eigenvalue weighted by molar-refractivity contribution is 8.00. The Labute approximate surface area is 137 Å². The van der Waals surface area contributed by atoms with Crippen molar-refractivity contribution in [2.45, 2.75) is 10.1 Å². The lowest BCUT2D eigenvalue weighted by Crippen LogP contribution is -1.82. The Bertz CT molecular complexity index is 960. The molecule has 0 aliphatic rings. The van der Waals surface area contributed by atoms with Gasteiger partial charge in [0.15, 0.2) is 4.34 Å². The number of thioether (sulfide) groups is 1. The van der Waals surface area contributed by atoms with E-state index in [1.165, 1.54) is 16.3 Å². The van der Waals surface area contributed by atoms with Gasteiger partial charge in [-0.25, -0.2) is 4.98 Å². The highest BCUT2D eigenvalue weighted by Gasteiger charge is 2.05. The van der Waals surface area contributed by atoms with Crippen molar-refractivity contribution in [3.8, 4) is 0 Å². The molecule has 0 bridgehead atoms. The fourth-order valence-corrected chi connectivity index (χ4v) is 4.52. The highest BCUT2D eigenvalue weighted by atomic mass is 32.2. The zero-order valence-electron chi connectivity index (χ0n) is 11.8. The number of hydrogen-bond donors (Lipinski definition) is 1. The second kappa shape index (κ2) is 5.63. The van der Waals surface area contributed by atoms with Gasteiger partial charge in [-0.3, -0.25) is 0 Å². The number of anilines is 1. The third-order valence-corrected chi connectivity index (χ3v) is 5.80. The molecule has 2 nitrogen and oxygen atoms in total. The maximum absolute atomic E-state index is 5.82. The molecule has 0 radical (unpaired) electrons. The zero-order chi connectivity index (χ0) is 14.9. The average molecular weight is 322 g/mol. The number of thiazole rings is 1. The number of nitrogens with two attached hydrogens (primary N) is 1. The van der Waals surface area contributed by atoms with Gasteiger partial charge in [-0.15, -0.1) is 11.3 Å². The quantitative estimate of drug-likeness (QED) is 0.409. The molecule has 4 aromatic rings. The van der Waals surface area contributed by atoms with Crippen molar-refractivity contribution >= 4 is 49.8 Å². The minimum Gasteiger partial charge on any atom is -0.399 e. The Kier molecular flexibility index (Phi) is 3.48. The van der Waals surface area contributed by atoms with Crippen LogP contribution in [0.3, 0.4) is 0 Å². The normalized spacial score (nSPS) is 11.3. The molecule has 4 heteroatoms. The molecular weight excluding hydrogens is 308 g/mol. The summed E-state index contributed by atoms with van der Waals surface area (Å²) in [5.41, 5.74) is 8.97. The molecule has 108 valence electrons. The van der Waals surface area contributed by atoms with Crippen LogP contribution in [0, 0.1) is 0 Å². The van der Waals surface area contributed by atoms with E-state index in [0.29, 0.717) is 0 Å². The van der Waals surface area contributed by atoms with Crippen LogP contribution in [0.1, 0.15) is 5.56 Å². The van der Waals surface area contributed by atoms with Gasteiger partial charge in [0.25, 0.3) is 0 Å². The van der Waals surface area contributed by atoms with Crippen molar-refractivity contribution in [2.24, 2.45) is 0 Å². The van der Waals surface area contributed by atoms with Crippen LogP contribution in [-0.4, -0.2) is 4.98 Å². The summed E-state index contributed by atoms with van der Waals surface area (Å²) in [6.45, 7) is 0. The lowest BCUT2D eigenvalue weighted by Gasteiger charge is -2.02. The Hall–Kier alpha value is -2.04. The summed E-state index contributed by atoms with van der Waals surface area (Å²) >= 11 is 3.49. The largest absolute Gasteiger partial charge is 0.399 e. The van der Waals surface area contributed by atoms with Crippen LogP contribution in [0.4, 0.5) is 5.69 Å². The number of fused-ring (bicyclic) bond motifs is 2. The number of aromatic nitrogens is 1. The molecule has 0 saturated heterocycles. The fourth-order valence-electron chi connectivity index (χ4n) is 2.46. The van der Waals surface area contributed by atoms with Crippen molar-refractivity contribution in [2.75, 3.05) is 5.73 Å². The molecule has 2 N–H and O–H groups in total. The van der Waals surface area contributed by atoms with E-state index >= 15 is 0 Å². The van der Waals surface area contributed by atoms with Crippen molar-refractivity contribution in [3.05, 3.63) is 66.2 Å². The molecule has 0 saturated carbocycles. The van der Waals surface area contributed by atoms with E-state index in [1.54, 1.807) is 23.1 Å². The zero-order valence-corrected chi connectivity index (χ0v) is 13.5. The smallest absolute Gasteiger partial charge is 0.151 e. The van der Waals surface area contributed by atoms with Gasteiger partial charge in [-0.1, -0.05) is 54.2 Å². The monoisotopic (exact) mass is 322 g/mol. The lowest BCUT2D eigenvalue weighted by atomic mass is 10.1. The first kappa shape index (κ1) is 13.6. The predicted molar refractivity (Wildman–Crippen MR) is 97.5 cm³/mol. The van der Waals surface area contributed by atoms with E-state index < -0.39 is 0 Å². The summed E-state index contributed by atoms with van der Waals surface area (Å²) in [6, 6.07) is 21.0. The molecule has 1 heterocycles. The van der Waals surface area contributed by atoms with Gasteiger partial charge in [0.2, 0.25) is 0 Å². The van der Waals surface area contributed by atoms with E-state index in [2.05, 4.69) is 47.4 Å². The van der Waals surface area contributed by atoms with E-state index in [-0.39, 0.29) is 0 Å². The van der Waals surface area contributed by atoms with Gasteiger partial charge in [0.05, 0.1) is 10.2 Å². The molecule has 3 aromatic carbocycles. The topological polar surface area (TPSA) is 38.9 Å². The Morgan fingerprint density at radius 2 is 1.82 bits per heavy atom. The van der Waals surface area contributed by atoms with Crippen molar-refractivity contribution < 1.29 is 0 Å². The first-order valence-electron chi connectivity index (χ1n) is 7.04. The van der Waals surface area contributed by atoms with Gasteiger partial charge < -0.3 is 5.73 Å². The minimum atomic E-state index is 0.794. The summed E-state index contributed by atoms with van der Waals surface area (Å²) < 4.78 is 2.25. The number of nitrogen functional groups attached to an aromatic ring is 1. The number of rotatable bonds is 3. The summed E-state index contributed by atoms with van der Waals surface area (Å²) in [5, 5.41) is 2.57. The van der Waals surface area contributed by atoms with Crippen LogP contribution < -0.4 is 5.73 Å². The van der Waals surface area contributed by atoms with E-state index in [0.717, 1.165) is 26.0 Å². The highest BCUT2D eigenvalue weighted by Crippen LogP contribution is 2.32. The second-order valence-electron chi connectivity index (χ2n) is 5.18. The van der Waals surface area contributed by atoms with Crippen LogP contribution in [-0.2, 0) is 5.75 Å². The van der Waals surface area contributed by atoms with Crippen LogP contribution in [0.25, 0.3) is 21.0 Å². The average Bonchev–Trinajstić information content (AvgIpc) is 2.94. The maximum atomic E-state index is 5.82. The maximum Gasteiger partial charge on any atom is 0.151 e. The van der Waals surface area contributed by atoms with Crippen LogP contribution in [0.5, 0.6) is 0 Å². The molecule has 0 fully saturated rings. The van der Waals surface area contributed by atoms with Crippen molar-refractivity contribution in [1.29, 1.82) is 0 Å². The van der Waals surface area contributed by atoms with Crippen molar-refractivity contribution in [3.63, 3.8) is 0 Å². The molecule has 0 aliphatic carbocycles. The summed E-state index contributed by atoms with van der Waals surface area (Å²) in [5.74, 6) is 0.931. The summed E-state index contributed by atoms with van der Waals surface area (Å²) in [6.07, 6.45) is 0. The van der Waals surface area contributed by atoms with E-state index in [4.69, 9.17) is 5.73 Å². The SMILES string of the molecule is Nc1ccc2nc(SCc3ccc4ccccc4c3)sc2c1. The molecular formula is C18H14N2S2. The molecule has 1 aromatic heterocycles. The number of nitrogens with zero attached hydrogens (tertiary/aromatic N) is 1. The second-order valence-corrected chi connectivity index (χ2v) is 7.43. The number of hydrogen-bond acceptors (Lipinski definition) is 4. The third-order valence-electron chi connectivity index (χ3n) is 3.57. The van der Waals surface area contributed by atoms with E-state index in [9.17, 15) is 0 Å². The molecule has 0 aliphatic heterocycles. The molecule has 4 rings (SSSR count). The first-order valence-corrected chi connectivity index (χ1v) is 8.85. The summed E-state index contributed by atoms with van der Waals surface area (Å²) in [4.78, 5) is 4.66. The molecule has 22 heavy (non-hydrogen) atoms. The fraction of sp³-hybridized carbons (Fsp3) is 0.0556. The molecule has 0 spiro atoms. The third kappa shape index (κ3) is 2.67. The predicted octanol–water partition coefficient (Wildman–Crippen LogP) is 5.32. The van der Waals surface area contributed by atoms with Crippen LogP contribution in [0.2, 0.25) is 0 Å². The van der Waals surface area contributed by atoms with Gasteiger partial charge >= 0.3 is 0 Å². The minimum absolute atomic E-state index is 0.794. The van der Waals surface area contributed by atoms with Gasteiger partial charge in [0.1, 0.15) is 0 Å². The van der Waals surface area contributed by atoms with E-state index in [1.807, 2.05) is 18.2 Å². The molecule has 0 amide bonds. The van der Waals surface area contributed by atoms with Gasteiger partial charge in [-0.05, 0) is 34.5 Å². The molecule has 0 unspecified atom stereocenters.